The number of alkyl halides is 5. The van der Waals surface area contributed by atoms with Gasteiger partial charge in [0.1, 0.15) is 22.9 Å². The summed E-state index contributed by atoms with van der Waals surface area (Å²) in [5.74, 6) is -2.79. The predicted molar refractivity (Wildman–Crippen MR) is 138 cm³/mol. The molecule has 1 heterocycles. The van der Waals surface area contributed by atoms with E-state index in [2.05, 4.69) is 6.92 Å². The van der Waals surface area contributed by atoms with E-state index < -0.39 is 35.4 Å². The van der Waals surface area contributed by atoms with Crippen molar-refractivity contribution in [1.82, 2.24) is 0 Å². The molecule has 0 atom stereocenters. The van der Waals surface area contributed by atoms with Gasteiger partial charge in [0.25, 0.3) is 0 Å². The first kappa shape index (κ1) is 30.1. The number of benzene rings is 2. The standard InChI is InChI=1S/C31H35F7O3/c1-18-16-39-29(40-17-18)22-4-2-19(3-5-22)20-6-10-24(11-7-20)31(37,38)41-25-12-8-21(9-13-25)23-14-26(32)28(27(33)15-23)30(34,35)36/h8-9,12-15,18-20,22,24,29H,2-7,10-11,16-17H2,1H3. The lowest BCUT2D eigenvalue weighted by atomic mass is 9.69. The molecule has 3 aliphatic rings. The van der Waals surface area contributed by atoms with Crippen molar-refractivity contribution >= 4 is 0 Å². The van der Waals surface area contributed by atoms with Crippen LogP contribution < -0.4 is 4.74 Å². The molecule has 0 spiro atoms. The third-order valence-corrected chi connectivity index (χ3v) is 8.97. The molecule has 1 aliphatic heterocycles. The molecule has 2 saturated carbocycles. The second-order valence-electron chi connectivity index (χ2n) is 11.9. The highest BCUT2D eigenvalue weighted by Gasteiger charge is 2.45. The van der Waals surface area contributed by atoms with E-state index in [1.165, 1.54) is 24.3 Å². The van der Waals surface area contributed by atoms with Crippen LogP contribution in [0.4, 0.5) is 30.7 Å². The van der Waals surface area contributed by atoms with E-state index in [1.54, 1.807) is 0 Å². The summed E-state index contributed by atoms with van der Waals surface area (Å²) in [6.45, 7) is 3.56. The summed E-state index contributed by atoms with van der Waals surface area (Å²) < 4.78 is 113. The second-order valence-corrected chi connectivity index (χ2v) is 11.9. The van der Waals surface area contributed by atoms with Gasteiger partial charge in [-0.25, -0.2) is 8.78 Å². The minimum absolute atomic E-state index is 0.120. The Balaban J connectivity index is 1.12. The zero-order valence-corrected chi connectivity index (χ0v) is 22.9. The van der Waals surface area contributed by atoms with Gasteiger partial charge >= 0.3 is 12.3 Å². The Bertz CT molecular complexity index is 1140. The van der Waals surface area contributed by atoms with Crippen molar-refractivity contribution in [2.24, 2.45) is 29.6 Å². The highest BCUT2D eigenvalue weighted by molar-refractivity contribution is 5.65. The van der Waals surface area contributed by atoms with Crippen molar-refractivity contribution in [3.05, 3.63) is 53.6 Å². The van der Waals surface area contributed by atoms with Crippen LogP contribution in [0.5, 0.6) is 5.75 Å². The van der Waals surface area contributed by atoms with E-state index in [-0.39, 0.29) is 23.2 Å². The first-order valence-electron chi connectivity index (χ1n) is 14.4. The van der Waals surface area contributed by atoms with Crippen LogP contribution in [0, 0.1) is 41.2 Å². The third-order valence-electron chi connectivity index (χ3n) is 8.97. The summed E-state index contributed by atoms with van der Waals surface area (Å²) >= 11 is 0. The summed E-state index contributed by atoms with van der Waals surface area (Å²) in [6, 6.07) is 6.15. The molecule has 0 unspecified atom stereocenters. The van der Waals surface area contributed by atoms with Gasteiger partial charge in [0, 0.05) is 11.8 Å². The van der Waals surface area contributed by atoms with Gasteiger partial charge in [-0.05, 0) is 98.6 Å². The fourth-order valence-electron chi connectivity index (χ4n) is 6.67. The van der Waals surface area contributed by atoms with Crippen molar-refractivity contribution < 1.29 is 44.9 Å². The van der Waals surface area contributed by atoms with Gasteiger partial charge in [-0.3, -0.25) is 0 Å². The first-order chi connectivity index (χ1) is 19.4. The van der Waals surface area contributed by atoms with Gasteiger partial charge in [0.2, 0.25) is 0 Å². The summed E-state index contributed by atoms with van der Waals surface area (Å²) in [6.07, 6.45) is -2.36. The highest BCUT2D eigenvalue weighted by atomic mass is 19.4. The quantitative estimate of drug-likeness (QED) is 0.315. The fourth-order valence-corrected chi connectivity index (χ4v) is 6.67. The monoisotopic (exact) mass is 588 g/mol. The summed E-state index contributed by atoms with van der Waals surface area (Å²) in [5.41, 5.74) is -1.95. The smallest absolute Gasteiger partial charge is 0.422 e. The zero-order chi connectivity index (χ0) is 29.4. The summed E-state index contributed by atoms with van der Waals surface area (Å²) in [4.78, 5) is 0. The van der Waals surface area contributed by atoms with E-state index in [1.807, 2.05) is 0 Å². The Morgan fingerprint density at radius 2 is 1.17 bits per heavy atom. The van der Waals surface area contributed by atoms with Crippen LogP contribution >= 0.6 is 0 Å². The Labute approximate surface area is 235 Å². The Kier molecular flexibility index (Phi) is 8.90. The maximum Gasteiger partial charge on any atom is 0.422 e. The van der Waals surface area contributed by atoms with Crippen LogP contribution in [0.3, 0.4) is 0 Å². The molecule has 0 radical (unpaired) electrons. The Morgan fingerprint density at radius 1 is 0.683 bits per heavy atom. The second kappa shape index (κ2) is 12.1. The average Bonchev–Trinajstić information content (AvgIpc) is 2.93. The Morgan fingerprint density at radius 3 is 1.68 bits per heavy atom. The lowest BCUT2D eigenvalue weighted by Gasteiger charge is -2.41. The SMILES string of the molecule is CC1COC(C2CCC(C3CCC(C(F)(F)Oc4ccc(-c5cc(F)c(C(F)(F)F)c(F)c5)cc4)CC3)CC2)OC1. The molecule has 3 nitrogen and oxygen atoms in total. The molecule has 2 aromatic rings. The van der Waals surface area contributed by atoms with E-state index >= 15 is 8.78 Å². The topological polar surface area (TPSA) is 27.7 Å². The van der Waals surface area contributed by atoms with Crippen molar-refractivity contribution in [3.63, 3.8) is 0 Å². The lowest BCUT2D eigenvalue weighted by Crippen LogP contribution is -2.40. The average molecular weight is 589 g/mol. The van der Waals surface area contributed by atoms with Gasteiger partial charge < -0.3 is 14.2 Å². The molecule has 2 aromatic carbocycles. The summed E-state index contributed by atoms with van der Waals surface area (Å²) in [7, 11) is 0. The van der Waals surface area contributed by atoms with Crippen LogP contribution in [0.2, 0.25) is 0 Å². The molecule has 2 aliphatic carbocycles. The number of hydrogen-bond acceptors (Lipinski definition) is 3. The van der Waals surface area contributed by atoms with E-state index in [4.69, 9.17) is 14.2 Å². The van der Waals surface area contributed by atoms with Gasteiger partial charge in [0.05, 0.1) is 19.1 Å². The maximum atomic E-state index is 15.1. The van der Waals surface area contributed by atoms with Crippen LogP contribution in [0.15, 0.2) is 36.4 Å². The maximum absolute atomic E-state index is 15.1. The molecular weight excluding hydrogens is 553 g/mol. The zero-order valence-electron chi connectivity index (χ0n) is 22.9. The minimum Gasteiger partial charge on any atom is -0.432 e. The molecule has 0 amide bonds. The third kappa shape index (κ3) is 7.01. The minimum atomic E-state index is -5.17. The predicted octanol–water partition coefficient (Wildman–Crippen LogP) is 9.24. The van der Waals surface area contributed by atoms with Crippen LogP contribution in [0.1, 0.15) is 63.9 Å². The van der Waals surface area contributed by atoms with Crippen LogP contribution in [0.25, 0.3) is 11.1 Å². The highest BCUT2D eigenvalue weighted by Crippen LogP contribution is 2.46. The van der Waals surface area contributed by atoms with Gasteiger partial charge in [-0.2, -0.15) is 22.0 Å². The summed E-state index contributed by atoms with van der Waals surface area (Å²) in [5, 5.41) is 0. The van der Waals surface area contributed by atoms with Gasteiger partial charge in [-0.15, -0.1) is 0 Å². The molecule has 41 heavy (non-hydrogen) atoms. The molecule has 0 aromatic heterocycles. The molecule has 10 heteroatoms. The molecular formula is C31H35F7O3. The van der Waals surface area contributed by atoms with E-state index in [9.17, 15) is 22.0 Å². The van der Waals surface area contributed by atoms with Gasteiger partial charge in [-0.1, -0.05) is 19.1 Å². The first-order valence-corrected chi connectivity index (χ1v) is 14.4. The molecule has 5 rings (SSSR count). The van der Waals surface area contributed by atoms with Crippen molar-refractivity contribution in [2.75, 3.05) is 13.2 Å². The van der Waals surface area contributed by atoms with Crippen LogP contribution in [-0.2, 0) is 15.7 Å². The number of halogens is 7. The largest absolute Gasteiger partial charge is 0.432 e. The van der Waals surface area contributed by atoms with E-state index in [0.717, 1.165) is 51.7 Å². The van der Waals surface area contributed by atoms with Crippen molar-refractivity contribution in [3.8, 4) is 16.9 Å². The van der Waals surface area contributed by atoms with E-state index in [0.29, 0.717) is 48.6 Å². The van der Waals surface area contributed by atoms with Crippen molar-refractivity contribution in [2.45, 2.75) is 76.9 Å². The number of ether oxygens (including phenoxy) is 3. The lowest BCUT2D eigenvalue weighted by molar-refractivity contribution is -0.229. The normalized spacial score (nSPS) is 29.8. The fraction of sp³-hybridized carbons (Fsp3) is 0.613. The number of rotatable bonds is 6. The molecule has 0 N–H and O–H groups in total. The van der Waals surface area contributed by atoms with Crippen molar-refractivity contribution in [1.29, 1.82) is 0 Å². The molecule has 226 valence electrons. The molecule has 3 fully saturated rings. The number of hydrogen-bond donors (Lipinski definition) is 0. The molecule has 0 bridgehead atoms. The molecule has 1 saturated heterocycles. The van der Waals surface area contributed by atoms with Gasteiger partial charge in [0.15, 0.2) is 6.29 Å². The Hall–Kier alpha value is -2.33. The van der Waals surface area contributed by atoms with Crippen LogP contribution in [-0.4, -0.2) is 25.6 Å².